The maximum absolute atomic E-state index is 12.9. The van der Waals surface area contributed by atoms with E-state index in [4.69, 9.17) is 9.47 Å². The zero-order chi connectivity index (χ0) is 45.0. The van der Waals surface area contributed by atoms with E-state index in [1.807, 2.05) is 0 Å². The first-order valence-corrected chi connectivity index (χ1v) is 28.2. The summed E-state index contributed by atoms with van der Waals surface area (Å²) in [7, 11) is 0. The molecule has 0 aromatic rings. The third kappa shape index (κ3) is 36.1. The molecule has 0 spiro atoms. The maximum Gasteiger partial charge on any atom is 0.305 e. The Balaban J connectivity index is 2.56. The van der Waals surface area contributed by atoms with Crippen LogP contribution in [0.3, 0.4) is 0 Å². The van der Waals surface area contributed by atoms with Gasteiger partial charge in [0.15, 0.2) is 0 Å². The molecule has 6 heteroatoms. The second kappa shape index (κ2) is 45.0. The topological polar surface area (TPSA) is 59.1 Å². The molecule has 0 saturated heterocycles. The second-order valence-corrected chi connectivity index (χ2v) is 20.1. The van der Waals surface area contributed by atoms with Gasteiger partial charge in [-0.25, -0.2) is 0 Å². The molecule has 2 unspecified atom stereocenters. The molecule has 0 N–H and O–H groups in total. The Morgan fingerprint density at radius 2 is 0.742 bits per heavy atom. The first-order valence-electron chi connectivity index (χ1n) is 28.2. The Hall–Kier alpha value is -1.14. The van der Waals surface area contributed by atoms with Crippen LogP contribution in [0.5, 0.6) is 0 Å². The van der Waals surface area contributed by atoms with Crippen molar-refractivity contribution in [3.8, 4) is 0 Å². The van der Waals surface area contributed by atoms with Gasteiger partial charge in [-0.1, -0.05) is 202 Å². The highest BCUT2D eigenvalue weighted by atomic mass is 16.5. The fourth-order valence-corrected chi connectivity index (χ4v) is 9.47. The molecule has 1 saturated carbocycles. The Kier molecular flexibility index (Phi) is 42.8. The molecule has 62 heavy (non-hydrogen) atoms. The van der Waals surface area contributed by atoms with Crippen molar-refractivity contribution < 1.29 is 19.1 Å². The highest BCUT2D eigenvalue weighted by molar-refractivity contribution is 5.69. The minimum absolute atomic E-state index is 0.0152. The lowest BCUT2D eigenvalue weighted by atomic mass is 9.91. The normalized spacial score (nSPS) is 14.1. The van der Waals surface area contributed by atoms with Crippen molar-refractivity contribution in [2.24, 2.45) is 11.8 Å². The van der Waals surface area contributed by atoms with Gasteiger partial charge in [0.25, 0.3) is 0 Å². The van der Waals surface area contributed by atoms with E-state index in [2.05, 4.69) is 44.4 Å². The molecule has 0 aromatic heterocycles. The van der Waals surface area contributed by atoms with E-state index in [-0.39, 0.29) is 11.9 Å². The standard InChI is InChI=1S/C56H110N2O4/c1-6-11-16-21-23-29-39-52(37-27-18-13-8-3)50-61-55(59)43-31-25-33-45-57(48-49-58(54-41-36-42-54)47-35-20-15-10-5)46-34-26-32-44-56(60)62-51-53(38-28-19-14-9-4)40-30-24-22-17-12-7-2/h52-54H,6-51H2,1-5H3. The lowest BCUT2D eigenvalue weighted by Crippen LogP contribution is -2.45. The molecule has 0 aliphatic heterocycles. The molecule has 0 heterocycles. The van der Waals surface area contributed by atoms with E-state index in [1.54, 1.807) is 0 Å². The van der Waals surface area contributed by atoms with Crippen molar-refractivity contribution in [3.05, 3.63) is 0 Å². The number of hydrogen-bond donors (Lipinski definition) is 0. The zero-order valence-electron chi connectivity index (χ0n) is 42.8. The molecule has 1 aliphatic carbocycles. The molecule has 0 bridgehead atoms. The summed E-state index contributed by atoms with van der Waals surface area (Å²) in [6.45, 7) is 18.4. The predicted octanol–water partition coefficient (Wildman–Crippen LogP) is 16.6. The summed E-state index contributed by atoms with van der Waals surface area (Å²) in [5.74, 6) is 1.09. The Morgan fingerprint density at radius 3 is 1.13 bits per heavy atom. The number of hydrogen-bond acceptors (Lipinski definition) is 6. The molecule has 1 rings (SSSR count). The number of esters is 2. The number of unbranched alkanes of at least 4 members (excludes halogenated alkanes) is 23. The zero-order valence-corrected chi connectivity index (χ0v) is 42.8. The van der Waals surface area contributed by atoms with Crippen LogP contribution in [0.15, 0.2) is 0 Å². The summed E-state index contributed by atoms with van der Waals surface area (Å²) in [4.78, 5) is 31.3. The van der Waals surface area contributed by atoms with Gasteiger partial charge in [0.1, 0.15) is 0 Å². The monoisotopic (exact) mass is 875 g/mol. The molecular weight excluding hydrogens is 765 g/mol. The van der Waals surface area contributed by atoms with Gasteiger partial charge in [0.2, 0.25) is 0 Å². The van der Waals surface area contributed by atoms with Crippen LogP contribution in [0.25, 0.3) is 0 Å². The molecular formula is C56H110N2O4. The summed E-state index contributed by atoms with van der Waals surface area (Å²) in [6, 6.07) is 0.791. The van der Waals surface area contributed by atoms with E-state index in [0.717, 1.165) is 64.2 Å². The lowest BCUT2D eigenvalue weighted by Gasteiger charge is -2.39. The van der Waals surface area contributed by atoms with Crippen molar-refractivity contribution in [2.45, 2.75) is 291 Å². The van der Waals surface area contributed by atoms with Gasteiger partial charge in [-0.2, -0.15) is 0 Å². The van der Waals surface area contributed by atoms with Crippen LogP contribution >= 0.6 is 0 Å². The smallest absolute Gasteiger partial charge is 0.305 e. The van der Waals surface area contributed by atoms with Gasteiger partial charge >= 0.3 is 11.9 Å². The fraction of sp³-hybridized carbons (Fsp3) is 0.964. The van der Waals surface area contributed by atoms with Crippen molar-refractivity contribution in [1.82, 2.24) is 9.80 Å². The minimum atomic E-state index is 0.0152. The number of ether oxygens (including phenoxy) is 2. The van der Waals surface area contributed by atoms with Gasteiger partial charge in [-0.3, -0.25) is 14.5 Å². The van der Waals surface area contributed by atoms with Crippen LogP contribution < -0.4 is 0 Å². The van der Waals surface area contributed by atoms with E-state index >= 15 is 0 Å². The van der Waals surface area contributed by atoms with Gasteiger partial charge in [0, 0.05) is 32.0 Å². The summed E-state index contributed by atoms with van der Waals surface area (Å²) in [6.07, 6.45) is 47.9. The Bertz CT molecular complexity index is 898. The van der Waals surface area contributed by atoms with E-state index < -0.39 is 0 Å². The number of carbonyl (C=O) groups excluding carboxylic acids is 2. The average molecular weight is 876 g/mol. The second-order valence-electron chi connectivity index (χ2n) is 20.1. The first-order chi connectivity index (χ1) is 30.5. The van der Waals surface area contributed by atoms with Crippen LogP contribution in [0.2, 0.25) is 0 Å². The van der Waals surface area contributed by atoms with Crippen LogP contribution in [-0.2, 0) is 19.1 Å². The van der Waals surface area contributed by atoms with Crippen LogP contribution in [-0.4, -0.2) is 73.7 Å². The third-order valence-electron chi connectivity index (χ3n) is 14.1. The average Bonchev–Trinajstić information content (AvgIpc) is 3.25. The quantitative estimate of drug-likeness (QED) is 0.0448. The molecule has 6 nitrogen and oxygen atoms in total. The summed E-state index contributed by atoms with van der Waals surface area (Å²) in [5.41, 5.74) is 0. The minimum Gasteiger partial charge on any atom is -0.465 e. The molecule has 0 amide bonds. The summed E-state index contributed by atoms with van der Waals surface area (Å²) < 4.78 is 11.8. The predicted molar refractivity (Wildman–Crippen MR) is 269 cm³/mol. The van der Waals surface area contributed by atoms with Crippen molar-refractivity contribution >= 4 is 11.9 Å². The number of rotatable bonds is 49. The van der Waals surface area contributed by atoms with Crippen LogP contribution in [0.4, 0.5) is 0 Å². The van der Waals surface area contributed by atoms with Crippen LogP contribution in [0, 0.1) is 11.8 Å². The molecule has 2 atom stereocenters. The fourth-order valence-electron chi connectivity index (χ4n) is 9.47. The molecule has 368 valence electrons. The van der Waals surface area contributed by atoms with Crippen LogP contribution in [0.1, 0.15) is 285 Å². The third-order valence-corrected chi connectivity index (χ3v) is 14.1. The number of carbonyl (C=O) groups is 2. The molecule has 0 radical (unpaired) electrons. The lowest BCUT2D eigenvalue weighted by molar-refractivity contribution is -0.146. The largest absolute Gasteiger partial charge is 0.465 e. The van der Waals surface area contributed by atoms with Gasteiger partial charge in [0.05, 0.1) is 13.2 Å². The van der Waals surface area contributed by atoms with Gasteiger partial charge in [-0.15, -0.1) is 0 Å². The first kappa shape index (κ1) is 58.9. The van der Waals surface area contributed by atoms with E-state index in [1.165, 1.54) is 212 Å². The highest BCUT2D eigenvalue weighted by Gasteiger charge is 2.25. The molecule has 0 aromatic carbocycles. The highest BCUT2D eigenvalue weighted by Crippen LogP contribution is 2.26. The van der Waals surface area contributed by atoms with E-state index in [0.29, 0.717) is 37.9 Å². The van der Waals surface area contributed by atoms with E-state index in [9.17, 15) is 9.59 Å². The Labute approximate surface area is 388 Å². The molecule has 1 fully saturated rings. The maximum atomic E-state index is 12.9. The Morgan fingerprint density at radius 1 is 0.403 bits per heavy atom. The molecule has 1 aliphatic rings. The van der Waals surface area contributed by atoms with Gasteiger partial charge < -0.3 is 14.4 Å². The SMILES string of the molecule is CCCCCCCCC(CCCCCC)COC(=O)CCCCCN(CCCCCC(=O)OCC(CCCCCC)CCCCCCCC)CCN(CCCCCC)C1CCC1. The van der Waals surface area contributed by atoms with Gasteiger partial charge in [-0.05, 0) is 102 Å². The van der Waals surface area contributed by atoms with Crippen molar-refractivity contribution in [2.75, 3.05) is 45.9 Å². The summed E-state index contributed by atoms with van der Waals surface area (Å²) >= 11 is 0. The number of nitrogens with zero attached hydrogens (tertiary/aromatic N) is 2. The summed E-state index contributed by atoms with van der Waals surface area (Å²) in [5, 5.41) is 0. The van der Waals surface area contributed by atoms with Crippen molar-refractivity contribution in [1.29, 1.82) is 0 Å². The van der Waals surface area contributed by atoms with Crippen molar-refractivity contribution in [3.63, 3.8) is 0 Å².